The van der Waals surface area contributed by atoms with Gasteiger partial charge in [0.15, 0.2) is 0 Å². The molecule has 0 aliphatic heterocycles. The van der Waals surface area contributed by atoms with Crippen molar-refractivity contribution >= 4 is 27.7 Å². The third-order valence-electron chi connectivity index (χ3n) is 5.45. The lowest BCUT2D eigenvalue weighted by atomic mass is 10.1. The SMILES string of the molecule is C.NC(=O)[C@H](Cc1ccccc1)NC(=O)CCCOc1cc(-c2cccnc2)nn1-c1cccc(Br)c1. The van der Waals surface area contributed by atoms with Gasteiger partial charge in [0.25, 0.3) is 0 Å². The van der Waals surface area contributed by atoms with Crippen molar-refractivity contribution in [2.45, 2.75) is 32.7 Å². The Morgan fingerprint density at radius 1 is 1.05 bits per heavy atom. The monoisotopic (exact) mass is 563 g/mol. The third kappa shape index (κ3) is 7.75. The number of pyridine rings is 1. The van der Waals surface area contributed by atoms with Crippen LogP contribution in [0.2, 0.25) is 0 Å². The van der Waals surface area contributed by atoms with E-state index in [4.69, 9.17) is 15.6 Å². The molecule has 1 atom stereocenters. The van der Waals surface area contributed by atoms with Crippen LogP contribution in [0.4, 0.5) is 0 Å². The van der Waals surface area contributed by atoms with E-state index in [9.17, 15) is 9.59 Å². The molecule has 37 heavy (non-hydrogen) atoms. The maximum atomic E-state index is 12.5. The van der Waals surface area contributed by atoms with Gasteiger partial charge in [-0.05, 0) is 42.3 Å². The number of nitrogens with two attached hydrogens (primary N) is 1. The first-order chi connectivity index (χ1) is 17.5. The summed E-state index contributed by atoms with van der Waals surface area (Å²) in [5, 5.41) is 7.44. The van der Waals surface area contributed by atoms with Crippen LogP contribution >= 0.6 is 15.9 Å². The molecule has 0 aliphatic carbocycles. The van der Waals surface area contributed by atoms with Gasteiger partial charge < -0.3 is 15.8 Å². The molecule has 0 bridgehead atoms. The topological polar surface area (TPSA) is 112 Å². The third-order valence-corrected chi connectivity index (χ3v) is 5.94. The molecule has 9 heteroatoms. The molecule has 2 heterocycles. The largest absolute Gasteiger partial charge is 0.478 e. The number of aromatic nitrogens is 3. The first-order valence-electron chi connectivity index (χ1n) is 11.5. The predicted molar refractivity (Wildman–Crippen MR) is 147 cm³/mol. The maximum absolute atomic E-state index is 12.5. The van der Waals surface area contributed by atoms with Crippen LogP contribution in [0.25, 0.3) is 16.9 Å². The first kappa shape index (κ1) is 27.6. The normalized spacial score (nSPS) is 11.3. The lowest BCUT2D eigenvalue weighted by molar-refractivity contribution is -0.127. The summed E-state index contributed by atoms with van der Waals surface area (Å²) in [5.41, 5.74) is 8.85. The van der Waals surface area contributed by atoms with Crippen LogP contribution in [0.3, 0.4) is 0 Å². The van der Waals surface area contributed by atoms with Crippen molar-refractivity contribution in [2.24, 2.45) is 5.73 Å². The van der Waals surface area contributed by atoms with Crippen molar-refractivity contribution in [1.29, 1.82) is 0 Å². The average molecular weight is 564 g/mol. The second-order valence-electron chi connectivity index (χ2n) is 8.17. The molecule has 0 spiro atoms. The minimum absolute atomic E-state index is 0. The fourth-order valence-electron chi connectivity index (χ4n) is 3.66. The Balaban J connectivity index is 0.00000380. The van der Waals surface area contributed by atoms with Crippen LogP contribution in [-0.4, -0.2) is 39.2 Å². The predicted octanol–water partition coefficient (Wildman–Crippen LogP) is 4.70. The van der Waals surface area contributed by atoms with E-state index in [1.165, 1.54) is 0 Å². The lowest BCUT2D eigenvalue weighted by Crippen LogP contribution is -2.45. The summed E-state index contributed by atoms with van der Waals surface area (Å²) in [4.78, 5) is 28.5. The highest BCUT2D eigenvalue weighted by molar-refractivity contribution is 9.10. The Kier molecular flexibility index (Phi) is 9.97. The number of benzene rings is 2. The summed E-state index contributed by atoms with van der Waals surface area (Å²) >= 11 is 3.50. The lowest BCUT2D eigenvalue weighted by Gasteiger charge is -2.15. The number of carbonyl (C=O) groups is 2. The van der Waals surface area contributed by atoms with Gasteiger partial charge in [0.05, 0.1) is 18.0 Å². The number of hydrogen-bond acceptors (Lipinski definition) is 5. The van der Waals surface area contributed by atoms with Crippen LogP contribution in [0, 0.1) is 0 Å². The van der Waals surface area contributed by atoms with Crippen molar-refractivity contribution in [3.05, 3.63) is 95.2 Å². The Bertz CT molecular complexity index is 1310. The van der Waals surface area contributed by atoms with E-state index in [0.29, 0.717) is 25.3 Å². The van der Waals surface area contributed by atoms with E-state index >= 15 is 0 Å². The molecule has 0 saturated carbocycles. The van der Waals surface area contributed by atoms with E-state index in [2.05, 4.69) is 26.2 Å². The second-order valence-corrected chi connectivity index (χ2v) is 9.08. The molecule has 4 aromatic rings. The van der Waals surface area contributed by atoms with E-state index in [1.54, 1.807) is 17.1 Å². The number of rotatable bonds is 11. The minimum Gasteiger partial charge on any atom is -0.478 e. The van der Waals surface area contributed by atoms with Crippen molar-refractivity contribution in [3.63, 3.8) is 0 Å². The molecule has 3 N–H and O–H groups in total. The molecule has 0 radical (unpaired) electrons. The fraction of sp³-hybridized carbons (Fsp3) is 0.214. The minimum atomic E-state index is -0.763. The molecular weight excluding hydrogens is 534 g/mol. The summed E-state index contributed by atoms with van der Waals surface area (Å²) in [6.07, 6.45) is 4.45. The van der Waals surface area contributed by atoms with Crippen LogP contribution in [-0.2, 0) is 16.0 Å². The Labute approximate surface area is 225 Å². The zero-order chi connectivity index (χ0) is 25.3. The van der Waals surface area contributed by atoms with Crippen LogP contribution in [0.15, 0.2) is 89.7 Å². The Morgan fingerprint density at radius 3 is 2.57 bits per heavy atom. The van der Waals surface area contributed by atoms with Gasteiger partial charge in [0, 0.05) is 41.3 Å². The highest BCUT2D eigenvalue weighted by atomic mass is 79.9. The number of nitrogens with zero attached hydrogens (tertiary/aromatic N) is 3. The first-order valence-corrected chi connectivity index (χ1v) is 12.3. The van der Waals surface area contributed by atoms with Crippen LogP contribution in [0.5, 0.6) is 5.88 Å². The molecule has 4 rings (SSSR count). The highest BCUT2D eigenvalue weighted by Gasteiger charge is 2.19. The van der Waals surface area contributed by atoms with Gasteiger partial charge in [-0.25, -0.2) is 4.68 Å². The Hall–Kier alpha value is -3.98. The molecule has 0 saturated heterocycles. The quantitative estimate of drug-likeness (QED) is 0.257. The number of amides is 2. The molecule has 0 unspecified atom stereocenters. The molecule has 2 aromatic heterocycles. The zero-order valence-electron chi connectivity index (χ0n) is 19.5. The Morgan fingerprint density at radius 2 is 1.86 bits per heavy atom. The highest BCUT2D eigenvalue weighted by Crippen LogP contribution is 2.27. The molecule has 8 nitrogen and oxygen atoms in total. The second kappa shape index (κ2) is 13.4. The molecule has 192 valence electrons. The van der Waals surface area contributed by atoms with Crippen LogP contribution < -0.4 is 15.8 Å². The number of hydrogen-bond donors (Lipinski definition) is 2. The fourth-order valence-corrected chi connectivity index (χ4v) is 4.05. The molecule has 0 fully saturated rings. The van der Waals surface area contributed by atoms with Crippen molar-refractivity contribution in [2.75, 3.05) is 6.61 Å². The summed E-state index contributed by atoms with van der Waals surface area (Å²) < 4.78 is 8.66. The summed E-state index contributed by atoms with van der Waals surface area (Å²) in [6, 6.07) is 22.0. The van der Waals surface area contributed by atoms with Gasteiger partial charge in [-0.15, -0.1) is 0 Å². The van der Waals surface area contributed by atoms with Gasteiger partial charge in [-0.1, -0.05) is 59.8 Å². The molecule has 0 aliphatic rings. The van der Waals surface area contributed by atoms with E-state index < -0.39 is 11.9 Å². The van der Waals surface area contributed by atoms with Crippen molar-refractivity contribution < 1.29 is 14.3 Å². The number of primary amides is 1. The molecule has 2 amide bonds. The number of carbonyl (C=O) groups excluding carboxylic acids is 2. The summed E-state index contributed by atoms with van der Waals surface area (Å²) in [5.74, 6) is -0.273. The van der Waals surface area contributed by atoms with Gasteiger partial charge in [-0.3, -0.25) is 14.6 Å². The van der Waals surface area contributed by atoms with Gasteiger partial charge in [0.2, 0.25) is 17.7 Å². The van der Waals surface area contributed by atoms with Gasteiger partial charge in [0.1, 0.15) is 6.04 Å². The molecule has 2 aromatic carbocycles. The van der Waals surface area contributed by atoms with E-state index in [0.717, 1.165) is 27.0 Å². The zero-order valence-corrected chi connectivity index (χ0v) is 21.1. The summed E-state index contributed by atoms with van der Waals surface area (Å²) in [6.45, 7) is 0.291. The van der Waals surface area contributed by atoms with Gasteiger partial charge >= 0.3 is 0 Å². The standard InChI is InChI=1S/C27H26BrN5O3.CH4/c28-21-10-4-11-22(16-21)33-26(17-23(32-33)20-9-5-13-30-18-20)36-14-6-12-25(34)31-24(27(29)35)15-19-7-2-1-3-8-19;/h1-5,7-11,13,16-18,24H,6,12,14-15H2,(H2,29,35)(H,31,34);1H4/t24-;/m0./s1. The number of nitrogens with one attached hydrogen (secondary N) is 1. The van der Waals surface area contributed by atoms with Gasteiger partial charge in [-0.2, -0.15) is 5.10 Å². The van der Waals surface area contributed by atoms with Crippen LogP contribution in [0.1, 0.15) is 25.8 Å². The number of ether oxygens (including phenoxy) is 1. The molecular formula is C28H30BrN5O3. The summed E-state index contributed by atoms with van der Waals surface area (Å²) in [7, 11) is 0. The van der Waals surface area contributed by atoms with E-state index in [-0.39, 0.29) is 19.8 Å². The van der Waals surface area contributed by atoms with Crippen molar-refractivity contribution in [3.8, 4) is 22.8 Å². The smallest absolute Gasteiger partial charge is 0.240 e. The number of halogens is 1. The maximum Gasteiger partial charge on any atom is 0.240 e. The van der Waals surface area contributed by atoms with E-state index in [1.807, 2.05) is 72.8 Å². The van der Waals surface area contributed by atoms with Crippen molar-refractivity contribution in [1.82, 2.24) is 20.1 Å². The average Bonchev–Trinajstić information content (AvgIpc) is 3.32.